The van der Waals surface area contributed by atoms with Crippen molar-refractivity contribution >= 4 is 6.09 Å². The van der Waals surface area contributed by atoms with E-state index in [0.29, 0.717) is 12.3 Å². The SMILES string of the molecule is COc1ccc(OC(=O)N2CCCN(C)CC2)cc1. The second kappa shape index (κ2) is 6.43. The van der Waals surface area contributed by atoms with E-state index in [4.69, 9.17) is 9.47 Å². The van der Waals surface area contributed by atoms with Crippen molar-refractivity contribution < 1.29 is 14.3 Å². The average Bonchev–Trinajstić information content (AvgIpc) is 2.64. The molecule has 1 saturated heterocycles. The normalized spacial score (nSPS) is 16.8. The molecule has 1 amide bonds. The molecule has 1 heterocycles. The maximum absolute atomic E-state index is 12.0. The van der Waals surface area contributed by atoms with Gasteiger partial charge in [0.15, 0.2) is 0 Å². The summed E-state index contributed by atoms with van der Waals surface area (Å²) in [6.45, 7) is 3.37. The number of likely N-dealkylation sites (N-methyl/N-ethyl adjacent to an activating group) is 1. The van der Waals surface area contributed by atoms with Gasteiger partial charge >= 0.3 is 6.09 Å². The lowest BCUT2D eigenvalue weighted by Crippen LogP contribution is -2.36. The molecule has 0 radical (unpaired) electrons. The van der Waals surface area contributed by atoms with Gasteiger partial charge in [-0.25, -0.2) is 4.79 Å². The monoisotopic (exact) mass is 264 g/mol. The van der Waals surface area contributed by atoms with Crippen LogP contribution in [0.1, 0.15) is 6.42 Å². The van der Waals surface area contributed by atoms with Gasteiger partial charge in [0.1, 0.15) is 11.5 Å². The fourth-order valence-electron chi connectivity index (χ4n) is 2.04. The first-order valence-corrected chi connectivity index (χ1v) is 6.48. The molecule has 0 aliphatic carbocycles. The van der Waals surface area contributed by atoms with E-state index >= 15 is 0 Å². The van der Waals surface area contributed by atoms with Gasteiger partial charge in [-0.2, -0.15) is 0 Å². The Labute approximate surface area is 113 Å². The van der Waals surface area contributed by atoms with Crippen LogP contribution in [-0.4, -0.2) is 56.2 Å². The standard InChI is InChI=1S/C14H20N2O3/c1-15-8-3-9-16(11-10-15)14(17)19-13-6-4-12(18-2)5-7-13/h4-7H,3,8-11H2,1-2H3. The van der Waals surface area contributed by atoms with E-state index in [1.165, 1.54) is 0 Å². The number of amides is 1. The summed E-state index contributed by atoms with van der Waals surface area (Å²) >= 11 is 0. The van der Waals surface area contributed by atoms with Crippen molar-refractivity contribution in [3.63, 3.8) is 0 Å². The quantitative estimate of drug-likeness (QED) is 0.817. The van der Waals surface area contributed by atoms with Crippen LogP contribution in [0.4, 0.5) is 4.79 Å². The lowest BCUT2D eigenvalue weighted by molar-refractivity contribution is 0.154. The van der Waals surface area contributed by atoms with Gasteiger partial charge in [-0.1, -0.05) is 0 Å². The summed E-state index contributed by atoms with van der Waals surface area (Å²) in [6, 6.07) is 7.03. The Kier molecular flexibility index (Phi) is 4.63. The summed E-state index contributed by atoms with van der Waals surface area (Å²) in [5, 5.41) is 0. The van der Waals surface area contributed by atoms with Crippen LogP contribution in [-0.2, 0) is 0 Å². The van der Waals surface area contributed by atoms with E-state index in [2.05, 4.69) is 11.9 Å². The number of carbonyl (C=O) groups excluding carboxylic acids is 1. The van der Waals surface area contributed by atoms with Gasteiger partial charge < -0.3 is 19.3 Å². The van der Waals surface area contributed by atoms with Crippen molar-refractivity contribution in [2.45, 2.75) is 6.42 Å². The van der Waals surface area contributed by atoms with E-state index in [-0.39, 0.29) is 6.09 Å². The number of ether oxygens (including phenoxy) is 2. The van der Waals surface area contributed by atoms with Crippen molar-refractivity contribution in [2.75, 3.05) is 40.3 Å². The topological polar surface area (TPSA) is 42.0 Å². The highest BCUT2D eigenvalue weighted by Gasteiger charge is 2.19. The van der Waals surface area contributed by atoms with Crippen molar-refractivity contribution in [3.05, 3.63) is 24.3 Å². The van der Waals surface area contributed by atoms with Crippen LogP contribution in [0.2, 0.25) is 0 Å². The Morgan fingerprint density at radius 3 is 2.42 bits per heavy atom. The molecule has 19 heavy (non-hydrogen) atoms. The summed E-state index contributed by atoms with van der Waals surface area (Å²) in [5.41, 5.74) is 0. The lowest BCUT2D eigenvalue weighted by atomic mass is 10.3. The van der Waals surface area contributed by atoms with Gasteiger partial charge in [0, 0.05) is 19.6 Å². The molecule has 1 aliphatic rings. The zero-order chi connectivity index (χ0) is 13.7. The highest BCUT2D eigenvalue weighted by atomic mass is 16.6. The van der Waals surface area contributed by atoms with E-state index in [9.17, 15) is 4.79 Å². The number of carbonyl (C=O) groups is 1. The van der Waals surface area contributed by atoms with Crippen LogP contribution in [0.15, 0.2) is 24.3 Å². The molecule has 5 nitrogen and oxygen atoms in total. The van der Waals surface area contributed by atoms with Gasteiger partial charge in [0.05, 0.1) is 7.11 Å². The predicted molar refractivity (Wildman–Crippen MR) is 72.7 cm³/mol. The van der Waals surface area contributed by atoms with Gasteiger partial charge in [0.2, 0.25) is 0 Å². The summed E-state index contributed by atoms with van der Waals surface area (Å²) in [5.74, 6) is 1.29. The first-order chi connectivity index (χ1) is 9.19. The van der Waals surface area contributed by atoms with Gasteiger partial charge in [-0.3, -0.25) is 0 Å². The smallest absolute Gasteiger partial charge is 0.415 e. The number of hydrogen-bond donors (Lipinski definition) is 0. The Morgan fingerprint density at radius 1 is 1.05 bits per heavy atom. The largest absolute Gasteiger partial charge is 0.497 e. The summed E-state index contributed by atoms with van der Waals surface area (Å²) in [4.78, 5) is 16.0. The fraction of sp³-hybridized carbons (Fsp3) is 0.500. The van der Waals surface area contributed by atoms with Gasteiger partial charge in [0.25, 0.3) is 0 Å². The number of methoxy groups -OCH3 is 1. The van der Waals surface area contributed by atoms with Crippen LogP contribution in [0.3, 0.4) is 0 Å². The van der Waals surface area contributed by atoms with Crippen molar-refractivity contribution in [2.24, 2.45) is 0 Å². The van der Waals surface area contributed by atoms with E-state index in [1.807, 2.05) is 0 Å². The highest BCUT2D eigenvalue weighted by Crippen LogP contribution is 2.18. The summed E-state index contributed by atoms with van der Waals surface area (Å²) in [6.07, 6.45) is 0.703. The molecule has 0 atom stereocenters. The maximum Gasteiger partial charge on any atom is 0.415 e. The van der Waals surface area contributed by atoms with Crippen molar-refractivity contribution in [1.29, 1.82) is 0 Å². The van der Waals surface area contributed by atoms with Crippen LogP contribution in [0, 0.1) is 0 Å². The third-order valence-electron chi connectivity index (χ3n) is 3.24. The maximum atomic E-state index is 12.0. The van der Waals surface area contributed by atoms with Crippen LogP contribution in [0.25, 0.3) is 0 Å². The van der Waals surface area contributed by atoms with Crippen molar-refractivity contribution in [1.82, 2.24) is 9.80 Å². The minimum atomic E-state index is -0.277. The second-order valence-corrected chi connectivity index (χ2v) is 4.69. The second-order valence-electron chi connectivity index (χ2n) is 4.69. The first-order valence-electron chi connectivity index (χ1n) is 6.48. The molecule has 1 fully saturated rings. The molecule has 0 N–H and O–H groups in total. The Morgan fingerprint density at radius 2 is 1.74 bits per heavy atom. The van der Waals surface area contributed by atoms with Crippen LogP contribution >= 0.6 is 0 Å². The Balaban J connectivity index is 1.92. The molecular weight excluding hydrogens is 244 g/mol. The Hall–Kier alpha value is -1.75. The molecule has 2 rings (SSSR count). The molecule has 1 aromatic carbocycles. The highest BCUT2D eigenvalue weighted by molar-refractivity contribution is 5.70. The molecule has 0 unspecified atom stereocenters. The zero-order valence-corrected chi connectivity index (χ0v) is 11.5. The average molecular weight is 264 g/mol. The Bertz CT molecular complexity index is 419. The minimum absolute atomic E-state index is 0.277. The van der Waals surface area contributed by atoms with Gasteiger partial charge in [-0.15, -0.1) is 0 Å². The van der Waals surface area contributed by atoms with Crippen LogP contribution in [0.5, 0.6) is 11.5 Å². The predicted octanol–water partition coefficient (Wildman–Crippen LogP) is 1.83. The third kappa shape index (κ3) is 3.86. The molecule has 0 spiro atoms. The molecule has 0 bridgehead atoms. The number of benzene rings is 1. The number of hydrogen-bond acceptors (Lipinski definition) is 4. The van der Waals surface area contributed by atoms with Crippen molar-refractivity contribution in [3.8, 4) is 11.5 Å². The summed E-state index contributed by atoms with van der Waals surface area (Å²) in [7, 11) is 3.67. The fourth-order valence-corrected chi connectivity index (χ4v) is 2.04. The lowest BCUT2D eigenvalue weighted by Gasteiger charge is -2.19. The molecular formula is C14H20N2O3. The summed E-state index contributed by atoms with van der Waals surface area (Å²) < 4.78 is 10.4. The van der Waals surface area contributed by atoms with Crippen LogP contribution < -0.4 is 9.47 Å². The molecule has 0 aromatic heterocycles. The number of nitrogens with zero attached hydrogens (tertiary/aromatic N) is 2. The molecule has 1 aromatic rings. The first kappa shape index (κ1) is 13.7. The molecule has 1 aliphatic heterocycles. The third-order valence-corrected chi connectivity index (χ3v) is 3.24. The van der Waals surface area contributed by atoms with E-state index < -0.39 is 0 Å². The van der Waals surface area contributed by atoms with E-state index in [0.717, 1.165) is 31.8 Å². The number of rotatable bonds is 2. The molecule has 104 valence electrons. The zero-order valence-electron chi connectivity index (χ0n) is 11.5. The van der Waals surface area contributed by atoms with Gasteiger partial charge in [-0.05, 0) is 44.3 Å². The molecule has 0 saturated carbocycles. The molecule has 5 heteroatoms. The minimum Gasteiger partial charge on any atom is -0.497 e. The van der Waals surface area contributed by atoms with E-state index in [1.54, 1.807) is 36.3 Å².